The summed E-state index contributed by atoms with van der Waals surface area (Å²) in [5.74, 6) is 0. The molecule has 114 valence electrons. The van der Waals surface area contributed by atoms with Gasteiger partial charge in [0.2, 0.25) is 10.0 Å². The van der Waals surface area contributed by atoms with Gasteiger partial charge in [0.25, 0.3) is 0 Å². The predicted molar refractivity (Wildman–Crippen MR) is 85.3 cm³/mol. The highest BCUT2D eigenvalue weighted by Crippen LogP contribution is 2.21. The fourth-order valence-corrected chi connectivity index (χ4v) is 4.23. The monoisotopic (exact) mass is 345 g/mol. The summed E-state index contributed by atoms with van der Waals surface area (Å²) in [5, 5.41) is 14.3. The standard InChI is InChI=1S/C14H16ClNO3S2/c1-14(17,8-11-6-7-20-9-11)10-16-21(18,19)13-5-3-2-4-12(13)15/h2-7,9,16-17H,8,10H2,1H3. The summed E-state index contributed by atoms with van der Waals surface area (Å²) < 4.78 is 26.8. The van der Waals surface area contributed by atoms with Crippen LogP contribution in [0.5, 0.6) is 0 Å². The second-order valence-corrected chi connectivity index (χ2v) is 7.98. The smallest absolute Gasteiger partial charge is 0.242 e. The molecule has 1 atom stereocenters. The van der Waals surface area contributed by atoms with Crippen molar-refractivity contribution in [1.82, 2.24) is 4.72 Å². The van der Waals surface area contributed by atoms with E-state index in [0.717, 1.165) is 5.56 Å². The van der Waals surface area contributed by atoms with Gasteiger partial charge in [0.05, 0.1) is 10.6 Å². The number of hydrogen-bond acceptors (Lipinski definition) is 4. The SMILES string of the molecule is CC(O)(CNS(=O)(=O)c1ccccc1Cl)Cc1ccsc1. The van der Waals surface area contributed by atoms with Crippen LogP contribution in [-0.4, -0.2) is 25.7 Å². The third-order valence-electron chi connectivity index (χ3n) is 2.93. The fourth-order valence-electron chi connectivity index (χ4n) is 1.89. The molecule has 0 amide bonds. The topological polar surface area (TPSA) is 66.4 Å². The molecule has 1 aromatic heterocycles. The molecule has 0 saturated carbocycles. The minimum Gasteiger partial charge on any atom is -0.388 e. The molecule has 2 aromatic rings. The van der Waals surface area contributed by atoms with E-state index in [1.165, 1.54) is 23.5 Å². The van der Waals surface area contributed by atoms with E-state index >= 15 is 0 Å². The Labute approximate surface area is 133 Å². The quantitative estimate of drug-likeness (QED) is 0.845. The van der Waals surface area contributed by atoms with Crippen molar-refractivity contribution in [3.8, 4) is 0 Å². The van der Waals surface area contributed by atoms with E-state index in [-0.39, 0.29) is 16.5 Å². The van der Waals surface area contributed by atoms with E-state index in [9.17, 15) is 13.5 Å². The number of nitrogens with one attached hydrogen (secondary N) is 1. The van der Waals surface area contributed by atoms with E-state index in [1.807, 2.05) is 16.8 Å². The molecular formula is C14H16ClNO3S2. The molecule has 0 aliphatic carbocycles. The predicted octanol–water partition coefficient (Wildman–Crippen LogP) is 2.67. The fraction of sp³-hybridized carbons (Fsp3) is 0.286. The first kappa shape index (κ1) is 16.5. The lowest BCUT2D eigenvalue weighted by Gasteiger charge is -2.23. The minimum atomic E-state index is -3.74. The first-order valence-corrected chi connectivity index (χ1v) is 9.08. The van der Waals surface area contributed by atoms with Crippen LogP contribution in [0.2, 0.25) is 5.02 Å². The second-order valence-electron chi connectivity index (χ2n) is 5.06. The van der Waals surface area contributed by atoms with E-state index in [4.69, 9.17) is 11.6 Å². The van der Waals surface area contributed by atoms with E-state index < -0.39 is 15.6 Å². The van der Waals surface area contributed by atoms with Crippen LogP contribution in [0.25, 0.3) is 0 Å². The molecule has 1 unspecified atom stereocenters. The van der Waals surface area contributed by atoms with Gasteiger partial charge < -0.3 is 5.11 Å². The lowest BCUT2D eigenvalue weighted by molar-refractivity contribution is 0.0658. The number of benzene rings is 1. The molecule has 0 fully saturated rings. The summed E-state index contributed by atoms with van der Waals surface area (Å²) in [6.45, 7) is 1.51. The lowest BCUT2D eigenvalue weighted by Crippen LogP contribution is -2.42. The minimum absolute atomic E-state index is 0.0120. The van der Waals surface area contributed by atoms with Gasteiger partial charge in [-0.3, -0.25) is 0 Å². The van der Waals surface area contributed by atoms with Crippen molar-refractivity contribution in [2.45, 2.75) is 23.8 Å². The van der Waals surface area contributed by atoms with Crippen molar-refractivity contribution in [3.05, 3.63) is 51.7 Å². The van der Waals surface area contributed by atoms with Crippen LogP contribution in [0, 0.1) is 0 Å². The molecule has 21 heavy (non-hydrogen) atoms. The average molecular weight is 346 g/mol. The van der Waals surface area contributed by atoms with Crippen LogP contribution in [0.15, 0.2) is 46.0 Å². The van der Waals surface area contributed by atoms with Gasteiger partial charge >= 0.3 is 0 Å². The van der Waals surface area contributed by atoms with Crippen LogP contribution < -0.4 is 4.72 Å². The van der Waals surface area contributed by atoms with Crippen LogP contribution in [-0.2, 0) is 16.4 Å². The molecular weight excluding hydrogens is 330 g/mol. The number of rotatable bonds is 6. The van der Waals surface area contributed by atoms with Gasteiger partial charge in [-0.05, 0) is 41.4 Å². The van der Waals surface area contributed by atoms with Crippen LogP contribution in [0.3, 0.4) is 0 Å². The molecule has 2 rings (SSSR count). The molecule has 0 radical (unpaired) electrons. The van der Waals surface area contributed by atoms with Gasteiger partial charge in [-0.2, -0.15) is 11.3 Å². The zero-order valence-electron chi connectivity index (χ0n) is 11.4. The lowest BCUT2D eigenvalue weighted by atomic mass is 9.99. The van der Waals surface area contributed by atoms with Crippen molar-refractivity contribution in [2.24, 2.45) is 0 Å². The Balaban J connectivity index is 2.06. The maximum absolute atomic E-state index is 12.2. The third-order valence-corrected chi connectivity index (χ3v) is 5.57. The first-order valence-electron chi connectivity index (χ1n) is 6.28. The summed E-state index contributed by atoms with van der Waals surface area (Å²) >= 11 is 7.43. The molecule has 0 bridgehead atoms. The summed E-state index contributed by atoms with van der Waals surface area (Å²) in [6, 6.07) is 8.11. The Bertz CT molecular complexity index is 697. The largest absolute Gasteiger partial charge is 0.388 e. The number of aliphatic hydroxyl groups is 1. The molecule has 7 heteroatoms. The van der Waals surface area contributed by atoms with Crippen molar-refractivity contribution < 1.29 is 13.5 Å². The highest BCUT2D eigenvalue weighted by molar-refractivity contribution is 7.89. The Kier molecular flexibility index (Phi) is 5.06. The summed E-state index contributed by atoms with van der Waals surface area (Å²) in [7, 11) is -3.74. The average Bonchev–Trinajstić information content (AvgIpc) is 2.89. The molecule has 0 aliphatic heterocycles. The van der Waals surface area contributed by atoms with Crippen LogP contribution >= 0.6 is 22.9 Å². The van der Waals surface area contributed by atoms with Gasteiger partial charge in [-0.25, -0.2) is 13.1 Å². The molecule has 4 nitrogen and oxygen atoms in total. The maximum atomic E-state index is 12.2. The maximum Gasteiger partial charge on any atom is 0.242 e. The Morgan fingerprint density at radius 2 is 2.05 bits per heavy atom. The van der Waals surface area contributed by atoms with E-state index in [0.29, 0.717) is 6.42 Å². The van der Waals surface area contributed by atoms with E-state index in [2.05, 4.69) is 4.72 Å². The highest BCUT2D eigenvalue weighted by Gasteiger charge is 2.25. The van der Waals surface area contributed by atoms with Crippen molar-refractivity contribution in [3.63, 3.8) is 0 Å². The molecule has 1 heterocycles. The number of sulfonamides is 1. The van der Waals surface area contributed by atoms with Gasteiger partial charge in [0.1, 0.15) is 4.90 Å². The number of thiophene rings is 1. The zero-order valence-corrected chi connectivity index (χ0v) is 13.8. The molecule has 1 aromatic carbocycles. The first-order chi connectivity index (χ1) is 9.80. The van der Waals surface area contributed by atoms with Crippen molar-refractivity contribution in [2.75, 3.05) is 6.54 Å². The summed E-state index contributed by atoms with van der Waals surface area (Å²) in [6.07, 6.45) is 0.377. The van der Waals surface area contributed by atoms with Crippen LogP contribution in [0.4, 0.5) is 0 Å². The van der Waals surface area contributed by atoms with Crippen molar-refractivity contribution >= 4 is 33.0 Å². The van der Waals surface area contributed by atoms with Gasteiger partial charge in [0, 0.05) is 13.0 Å². The normalized spacial score (nSPS) is 14.8. The third kappa shape index (κ3) is 4.52. The summed E-state index contributed by atoms with van der Waals surface area (Å²) in [4.78, 5) is 0.0120. The van der Waals surface area contributed by atoms with E-state index in [1.54, 1.807) is 19.1 Å². The molecule has 0 aliphatic rings. The summed E-state index contributed by atoms with van der Waals surface area (Å²) in [5.41, 5.74) is -0.197. The molecule has 0 saturated heterocycles. The Morgan fingerprint density at radius 1 is 1.33 bits per heavy atom. The Morgan fingerprint density at radius 3 is 2.67 bits per heavy atom. The molecule has 2 N–H and O–H groups in total. The van der Waals surface area contributed by atoms with Crippen molar-refractivity contribution in [1.29, 1.82) is 0 Å². The second kappa shape index (κ2) is 6.46. The molecule has 0 spiro atoms. The zero-order chi connectivity index (χ0) is 15.5. The highest BCUT2D eigenvalue weighted by atomic mass is 35.5. The van der Waals surface area contributed by atoms with Gasteiger partial charge in [-0.15, -0.1) is 0 Å². The van der Waals surface area contributed by atoms with Gasteiger partial charge in [0.15, 0.2) is 0 Å². The Hall–Kier alpha value is -0.920. The number of halogens is 1. The van der Waals surface area contributed by atoms with Gasteiger partial charge in [-0.1, -0.05) is 23.7 Å². The van der Waals surface area contributed by atoms with Crippen LogP contribution in [0.1, 0.15) is 12.5 Å². The number of hydrogen-bond donors (Lipinski definition) is 2.